The molecule has 0 spiro atoms. The topological polar surface area (TPSA) is 93.8 Å². The Balaban J connectivity index is 1.52. The van der Waals surface area contributed by atoms with Gasteiger partial charge in [-0.25, -0.2) is 9.97 Å². The van der Waals surface area contributed by atoms with Crippen molar-refractivity contribution in [2.75, 3.05) is 16.8 Å². The second kappa shape index (κ2) is 11.1. The lowest BCUT2D eigenvalue weighted by atomic mass is 10.2. The summed E-state index contributed by atoms with van der Waals surface area (Å²) in [5.74, 6) is 3.06. The fourth-order valence-electron chi connectivity index (χ4n) is 2.82. The molecule has 1 N–H and O–H groups in total. The van der Waals surface area contributed by atoms with E-state index in [2.05, 4.69) is 27.2 Å². The van der Waals surface area contributed by atoms with Crippen LogP contribution in [-0.2, 0) is 6.54 Å². The van der Waals surface area contributed by atoms with Gasteiger partial charge in [-0.3, -0.25) is 15.1 Å². The first-order valence-corrected chi connectivity index (χ1v) is 12.8. The molecule has 31 heavy (non-hydrogen) atoms. The summed E-state index contributed by atoms with van der Waals surface area (Å²) in [6, 6.07) is 3.58. The van der Waals surface area contributed by atoms with Crippen molar-refractivity contribution in [3.8, 4) is 0 Å². The lowest BCUT2D eigenvalue weighted by Gasteiger charge is -2.13. The molecule has 164 valence electrons. The van der Waals surface area contributed by atoms with Gasteiger partial charge in [0.15, 0.2) is 0 Å². The van der Waals surface area contributed by atoms with E-state index in [1.54, 1.807) is 35.0 Å². The molecule has 3 rings (SSSR count). The monoisotopic (exact) mass is 495 g/mol. The first-order valence-electron chi connectivity index (χ1n) is 9.53. The molecule has 0 fully saturated rings. The van der Waals surface area contributed by atoms with Crippen LogP contribution in [0.25, 0.3) is 0 Å². The average Bonchev–Trinajstić information content (AvgIpc) is 3.20. The number of nitrogens with one attached hydrogen (secondary N) is 1. The molecule has 11 heteroatoms. The summed E-state index contributed by atoms with van der Waals surface area (Å²) in [5.41, 5.74) is 3.02. The summed E-state index contributed by atoms with van der Waals surface area (Å²) in [6.45, 7) is 6.28. The minimum atomic E-state index is -0.319. The number of nitro groups is 1. The van der Waals surface area contributed by atoms with E-state index in [9.17, 15) is 10.1 Å². The minimum absolute atomic E-state index is 0.207. The summed E-state index contributed by atoms with van der Waals surface area (Å²) in [5, 5.41) is 16.6. The molecule has 0 aliphatic rings. The van der Waals surface area contributed by atoms with E-state index in [-0.39, 0.29) is 10.6 Å². The van der Waals surface area contributed by atoms with Gasteiger partial charge in [-0.05, 0) is 55.7 Å². The molecule has 0 radical (unpaired) electrons. The molecule has 0 aliphatic heterocycles. The molecule has 0 saturated carbocycles. The van der Waals surface area contributed by atoms with Crippen LogP contribution in [0, 0.1) is 30.9 Å². The largest absolute Gasteiger partial charge is 0.363 e. The van der Waals surface area contributed by atoms with Crippen molar-refractivity contribution < 1.29 is 4.92 Å². The van der Waals surface area contributed by atoms with Gasteiger partial charge in [0.25, 0.3) is 5.69 Å². The summed E-state index contributed by atoms with van der Waals surface area (Å²) in [7, 11) is 0. The van der Waals surface area contributed by atoms with E-state index in [1.165, 1.54) is 16.2 Å². The Hall–Kier alpha value is -1.88. The highest BCUT2D eigenvalue weighted by atomic mass is 35.5. The van der Waals surface area contributed by atoms with Crippen molar-refractivity contribution in [1.29, 1.82) is 0 Å². The average molecular weight is 496 g/mol. The minimum Gasteiger partial charge on any atom is -0.363 e. The van der Waals surface area contributed by atoms with Crippen LogP contribution in [0.5, 0.6) is 0 Å². The lowest BCUT2D eigenvalue weighted by Crippen LogP contribution is -2.08. The van der Waals surface area contributed by atoms with Crippen LogP contribution in [0.15, 0.2) is 32.8 Å². The molecule has 7 nitrogen and oxygen atoms in total. The van der Waals surface area contributed by atoms with Gasteiger partial charge in [-0.1, -0.05) is 11.6 Å². The Bertz CT molecular complexity index is 1080. The number of anilines is 1. The molecule has 3 aromatic heterocycles. The predicted octanol–water partition coefficient (Wildman–Crippen LogP) is 6.31. The molecule has 0 bridgehead atoms. The second-order valence-corrected chi connectivity index (χ2v) is 10.4. The fraction of sp³-hybridized carbons (Fsp3) is 0.350. The van der Waals surface area contributed by atoms with Gasteiger partial charge < -0.3 is 5.32 Å². The highest BCUT2D eigenvalue weighted by Crippen LogP contribution is 2.35. The molecule has 0 saturated heterocycles. The van der Waals surface area contributed by atoms with Gasteiger partial charge in [0.1, 0.15) is 20.9 Å². The fourth-order valence-corrected chi connectivity index (χ4v) is 6.19. The van der Waals surface area contributed by atoms with Crippen LogP contribution in [0.1, 0.15) is 29.2 Å². The van der Waals surface area contributed by atoms with E-state index in [0.717, 1.165) is 39.1 Å². The van der Waals surface area contributed by atoms with Crippen LogP contribution in [-0.4, -0.2) is 31.4 Å². The molecule has 3 heterocycles. The van der Waals surface area contributed by atoms with Gasteiger partial charge in [-0.2, -0.15) is 0 Å². The normalized spacial score (nSPS) is 11.0. The highest BCUT2D eigenvalue weighted by molar-refractivity contribution is 8.01. The maximum absolute atomic E-state index is 11.0. The summed E-state index contributed by atoms with van der Waals surface area (Å²) >= 11 is 11.1. The van der Waals surface area contributed by atoms with Gasteiger partial charge in [-0.15, -0.1) is 34.9 Å². The number of rotatable bonds is 10. The summed E-state index contributed by atoms with van der Waals surface area (Å²) < 4.78 is 0.775. The molecular formula is C20H22ClN5O2S3. The number of nitrogens with zero attached hydrogens (tertiary/aromatic N) is 4. The first-order chi connectivity index (χ1) is 14.9. The van der Waals surface area contributed by atoms with Crippen molar-refractivity contribution in [2.45, 2.75) is 42.8 Å². The quantitative estimate of drug-likeness (QED) is 0.151. The highest BCUT2D eigenvalue weighted by Gasteiger charge is 2.15. The first kappa shape index (κ1) is 23.8. The third-order valence-electron chi connectivity index (χ3n) is 4.40. The summed E-state index contributed by atoms with van der Waals surface area (Å²) in [6.07, 6.45) is 2.77. The number of thiophene rings is 1. The third kappa shape index (κ3) is 6.31. The smallest absolute Gasteiger partial charge is 0.293 e. The molecular weight excluding hydrogens is 474 g/mol. The Morgan fingerprint density at radius 1 is 1.19 bits per heavy atom. The van der Waals surface area contributed by atoms with Crippen molar-refractivity contribution in [2.24, 2.45) is 0 Å². The van der Waals surface area contributed by atoms with Gasteiger partial charge in [0.05, 0.1) is 22.9 Å². The number of pyridine rings is 1. The van der Waals surface area contributed by atoms with Gasteiger partial charge in [0.2, 0.25) is 0 Å². The lowest BCUT2D eigenvalue weighted by molar-refractivity contribution is -0.387. The molecule has 0 aromatic carbocycles. The Morgan fingerprint density at radius 2 is 1.97 bits per heavy atom. The standard InChI is InChI=1S/C20H22ClN5O2S3/c1-12-15(11-23-19-18(21)13(2)24-14(3)25-19)22-7-5-17(12)29-8-4-9-30-20-16(26(27)28)6-10-31-20/h5-7,10H,4,8-9,11H2,1-3H3,(H,23,24,25). The van der Waals surface area contributed by atoms with Crippen LogP contribution in [0.2, 0.25) is 5.02 Å². The van der Waals surface area contributed by atoms with E-state index >= 15 is 0 Å². The number of aryl methyl sites for hydroxylation is 2. The van der Waals surface area contributed by atoms with E-state index in [1.807, 2.05) is 26.1 Å². The number of aromatic nitrogens is 3. The third-order valence-corrected chi connectivity index (χ3v) is 8.40. The molecule has 0 amide bonds. The Kier molecular flexibility index (Phi) is 8.53. The van der Waals surface area contributed by atoms with Crippen LogP contribution in [0.4, 0.5) is 11.5 Å². The maximum Gasteiger partial charge on any atom is 0.293 e. The predicted molar refractivity (Wildman–Crippen MR) is 130 cm³/mol. The molecule has 0 atom stereocenters. The number of hydrogen-bond donors (Lipinski definition) is 1. The zero-order valence-corrected chi connectivity index (χ0v) is 20.6. The number of thioether (sulfide) groups is 2. The zero-order valence-electron chi connectivity index (χ0n) is 17.3. The van der Waals surface area contributed by atoms with Crippen molar-refractivity contribution in [3.05, 3.63) is 61.6 Å². The summed E-state index contributed by atoms with van der Waals surface area (Å²) in [4.78, 5) is 25.0. The van der Waals surface area contributed by atoms with Crippen LogP contribution in [0.3, 0.4) is 0 Å². The molecule has 0 unspecified atom stereocenters. The van der Waals surface area contributed by atoms with E-state index in [0.29, 0.717) is 23.2 Å². The number of halogens is 1. The Labute approximate surface area is 198 Å². The number of hydrogen-bond acceptors (Lipinski definition) is 9. The van der Waals surface area contributed by atoms with Crippen LogP contribution >= 0.6 is 46.5 Å². The zero-order chi connectivity index (χ0) is 22.4. The van der Waals surface area contributed by atoms with E-state index < -0.39 is 0 Å². The van der Waals surface area contributed by atoms with Crippen molar-refractivity contribution in [1.82, 2.24) is 15.0 Å². The molecule has 3 aromatic rings. The SMILES string of the molecule is Cc1nc(C)c(Cl)c(NCc2nccc(SCCCSc3sccc3[N+](=O)[O-])c2C)n1. The van der Waals surface area contributed by atoms with Gasteiger partial charge >= 0.3 is 0 Å². The maximum atomic E-state index is 11.0. The van der Waals surface area contributed by atoms with E-state index in [4.69, 9.17) is 11.6 Å². The van der Waals surface area contributed by atoms with Crippen molar-refractivity contribution in [3.63, 3.8) is 0 Å². The van der Waals surface area contributed by atoms with Crippen LogP contribution < -0.4 is 5.32 Å². The second-order valence-electron chi connectivity index (χ2n) is 6.65. The molecule has 0 aliphatic carbocycles. The van der Waals surface area contributed by atoms with Gasteiger partial charge in [0, 0.05) is 17.2 Å². The Morgan fingerprint density at radius 3 is 2.74 bits per heavy atom. The van der Waals surface area contributed by atoms with Crippen molar-refractivity contribution >= 4 is 58.0 Å².